The minimum Gasteiger partial charge on any atom is -0.326 e. The molecule has 0 fully saturated rings. The van der Waals surface area contributed by atoms with E-state index in [-0.39, 0.29) is 11.8 Å². The number of carbonyl (C=O) groups excluding carboxylic acids is 2. The number of nitrogens with one attached hydrogen (secondary N) is 2. The monoisotopic (exact) mass is 267 g/mol. The van der Waals surface area contributed by atoms with Gasteiger partial charge in [-0.3, -0.25) is 9.59 Å². The van der Waals surface area contributed by atoms with E-state index < -0.39 is 0 Å². The van der Waals surface area contributed by atoms with Crippen LogP contribution in [0.5, 0.6) is 0 Å². The van der Waals surface area contributed by atoms with Crippen molar-refractivity contribution in [2.75, 3.05) is 10.6 Å². The lowest BCUT2D eigenvalue weighted by Crippen LogP contribution is -2.14. The van der Waals surface area contributed by atoms with Crippen molar-refractivity contribution < 1.29 is 9.59 Å². The van der Waals surface area contributed by atoms with Gasteiger partial charge < -0.3 is 10.6 Å². The van der Waals surface area contributed by atoms with Crippen molar-refractivity contribution in [2.45, 2.75) is 13.3 Å². The van der Waals surface area contributed by atoms with Crippen LogP contribution in [-0.4, -0.2) is 16.8 Å². The number of pyridine rings is 1. The normalized spacial score (nSPS) is 12.8. The maximum atomic E-state index is 12.2. The van der Waals surface area contributed by atoms with E-state index in [9.17, 15) is 9.59 Å². The highest BCUT2D eigenvalue weighted by Gasteiger charge is 2.19. The van der Waals surface area contributed by atoms with Crippen LogP contribution in [0.2, 0.25) is 0 Å². The Morgan fingerprint density at radius 2 is 2.20 bits per heavy atom. The maximum Gasteiger partial charge on any atom is 0.256 e. The Kier molecular flexibility index (Phi) is 2.95. The topological polar surface area (TPSA) is 71.1 Å². The van der Waals surface area contributed by atoms with Gasteiger partial charge in [0.1, 0.15) is 5.82 Å². The predicted molar refractivity (Wildman–Crippen MR) is 75.7 cm³/mol. The highest BCUT2D eigenvalue weighted by atomic mass is 16.2. The van der Waals surface area contributed by atoms with Crippen molar-refractivity contribution in [3.8, 4) is 0 Å². The van der Waals surface area contributed by atoms with Crippen LogP contribution < -0.4 is 10.6 Å². The molecule has 1 aliphatic rings. The van der Waals surface area contributed by atoms with Crippen LogP contribution in [0.1, 0.15) is 21.5 Å². The molecule has 2 aromatic rings. The van der Waals surface area contributed by atoms with E-state index in [2.05, 4.69) is 15.6 Å². The van der Waals surface area contributed by atoms with E-state index in [4.69, 9.17) is 0 Å². The fraction of sp³-hybridized carbons (Fsp3) is 0.133. The van der Waals surface area contributed by atoms with Gasteiger partial charge in [-0.25, -0.2) is 4.98 Å². The number of aryl methyl sites for hydroxylation is 1. The molecule has 3 rings (SSSR count). The number of fused-ring (bicyclic) bond motifs is 1. The molecule has 20 heavy (non-hydrogen) atoms. The zero-order chi connectivity index (χ0) is 14.1. The standard InChI is InChI=1S/C15H13N3O2/c1-9-3-2-6-16-14(9)18-15(20)11-5-4-10-8-13(19)17-12(10)7-11/h2-7H,8H2,1H3,(H,17,19)(H,16,18,20). The second kappa shape index (κ2) is 4.77. The van der Waals surface area contributed by atoms with Crippen LogP contribution in [0, 0.1) is 6.92 Å². The summed E-state index contributed by atoms with van der Waals surface area (Å²) in [4.78, 5) is 27.6. The molecule has 5 nitrogen and oxygen atoms in total. The molecule has 0 aliphatic carbocycles. The van der Waals surface area contributed by atoms with Crippen LogP contribution >= 0.6 is 0 Å². The average Bonchev–Trinajstić information content (AvgIpc) is 2.80. The van der Waals surface area contributed by atoms with E-state index >= 15 is 0 Å². The van der Waals surface area contributed by atoms with Crippen LogP contribution in [0.25, 0.3) is 0 Å². The molecule has 0 radical (unpaired) electrons. The first-order valence-electron chi connectivity index (χ1n) is 6.29. The first-order valence-corrected chi connectivity index (χ1v) is 6.29. The van der Waals surface area contributed by atoms with Crippen LogP contribution in [0.3, 0.4) is 0 Å². The van der Waals surface area contributed by atoms with Gasteiger partial charge in [-0.15, -0.1) is 0 Å². The molecule has 1 aromatic heterocycles. The Labute approximate surface area is 116 Å². The lowest BCUT2D eigenvalue weighted by atomic mass is 10.1. The second-order valence-corrected chi connectivity index (χ2v) is 4.72. The van der Waals surface area contributed by atoms with Crippen LogP contribution in [0.4, 0.5) is 11.5 Å². The minimum atomic E-state index is -0.240. The van der Waals surface area contributed by atoms with Crippen molar-refractivity contribution in [1.82, 2.24) is 4.98 Å². The minimum absolute atomic E-state index is 0.0434. The molecule has 0 bridgehead atoms. The summed E-state index contributed by atoms with van der Waals surface area (Å²) in [5.41, 5.74) is 3.02. The van der Waals surface area contributed by atoms with E-state index in [1.54, 1.807) is 24.4 Å². The van der Waals surface area contributed by atoms with Gasteiger partial charge in [-0.1, -0.05) is 12.1 Å². The van der Waals surface area contributed by atoms with Gasteiger partial charge in [0.25, 0.3) is 5.91 Å². The van der Waals surface area contributed by atoms with Crippen molar-refractivity contribution in [2.24, 2.45) is 0 Å². The highest BCUT2D eigenvalue weighted by molar-refractivity contribution is 6.06. The zero-order valence-electron chi connectivity index (χ0n) is 10.9. The van der Waals surface area contributed by atoms with E-state index in [0.717, 1.165) is 11.1 Å². The summed E-state index contributed by atoms with van der Waals surface area (Å²) in [6.45, 7) is 1.88. The van der Waals surface area contributed by atoms with Crippen LogP contribution in [-0.2, 0) is 11.2 Å². The number of hydrogen-bond acceptors (Lipinski definition) is 3. The number of hydrogen-bond donors (Lipinski definition) is 2. The molecule has 2 amide bonds. The molecule has 0 unspecified atom stereocenters. The Hall–Kier alpha value is -2.69. The molecular weight excluding hydrogens is 254 g/mol. The number of benzene rings is 1. The van der Waals surface area contributed by atoms with Gasteiger partial charge in [0.2, 0.25) is 5.91 Å². The molecule has 1 aromatic carbocycles. The van der Waals surface area contributed by atoms with Gasteiger partial charge in [0.05, 0.1) is 6.42 Å². The van der Waals surface area contributed by atoms with Gasteiger partial charge in [0, 0.05) is 17.4 Å². The quantitative estimate of drug-likeness (QED) is 0.875. The van der Waals surface area contributed by atoms with Gasteiger partial charge in [-0.05, 0) is 36.2 Å². The summed E-state index contributed by atoms with van der Waals surface area (Å²) in [5.74, 6) is 0.260. The smallest absolute Gasteiger partial charge is 0.256 e. The third kappa shape index (κ3) is 2.25. The van der Waals surface area contributed by atoms with Crippen molar-refractivity contribution in [3.63, 3.8) is 0 Å². The Morgan fingerprint density at radius 3 is 3.00 bits per heavy atom. The molecule has 100 valence electrons. The summed E-state index contributed by atoms with van der Waals surface area (Å²) in [6.07, 6.45) is 2.00. The third-order valence-electron chi connectivity index (χ3n) is 3.24. The number of carbonyl (C=O) groups is 2. The number of rotatable bonds is 2. The molecular formula is C15H13N3O2. The summed E-state index contributed by atoms with van der Waals surface area (Å²) >= 11 is 0. The molecule has 1 aliphatic heterocycles. The Morgan fingerprint density at radius 1 is 1.35 bits per heavy atom. The fourth-order valence-electron chi connectivity index (χ4n) is 2.15. The number of nitrogens with zero attached hydrogens (tertiary/aromatic N) is 1. The van der Waals surface area contributed by atoms with Gasteiger partial charge >= 0.3 is 0 Å². The molecule has 0 spiro atoms. The summed E-state index contributed by atoms with van der Waals surface area (Å²) in [7, 11) is 0. The van der Waals surface area contributed by atoms with Gasteiger partial charge in [0.15, 0.2) is 0 Å². The Bertz CT molecular complexity index is 710. The van der Waals surface area contributed by atoms with Gasteiger partial charge in [-0.2, -0.15) is 0 Å². The fourth-order valence-corrected chi connectivity index (χ4v) is 2.15. The molecule has 5 heteroatoms. The van der Waals surface area contributed by atoms with Crippen LogP contribution in [0.15, 0.2) is 36.5 Å². The number of anilines is 2. The third-order valence-corrected chi connectivity index (χ3v) is 3.24. The molecule has 0 saturated heterocycles. The van der Waals surface area contributed by atoms with Crippen molar-refractivity contribution in [3.05, 3.63) is 53.2 Å². The highest BCUT2D eigenvalue weighted by Crippen LogP contribution is 2.24. The largest absolute Gasteiger partial charge is 0.326 e. The molecule has 2 N–H and O–H groups in total. The first kappa shape index (κ1) is 12.3. The molecule has 0 atom stereocenters. The van der Waals surface area contributed by atoms with E-state index in [0.29, 0.717) is 23.5 Å². The average molecular weight is 267 g/mol. The number of amides is 2. The van der Waals surface area contributed by atoms with E-state index in [1.165, 1.54) is 0 Å². The lowest BCUT2D eigenvalue weighted by Gasteiger charge is -2.08. The SMILES string of the molecule is Cc1cccnc1NC(=O)c1ccc2c(c1)NC(=O)C2. The summed E-state index contributed by atoms with van der Waals surface area (Å²) < 4.78 is 0. The van der Waals surface area contributed by atoms with Crippen molar-refractivity contribution in [1.29, 1.82) is 0 Å². The van der Waals surface area contributed by atoms with E-state index in [1.807, 2.05) is 19.1 Å². The molecule has 0 saturated carbocycles. The second-order valence-electron chi connectivity index (χ2n) is 4.72. The van der Waals surface area contributed by atoms with Crippen molar-refractivity contribution >= 4 is 23.3 Å². The Balaban J connectivity index is 1.84. The number of aromatic nitrogens is 1. The zero-order valence-corrected chi connectivity index (χ0v) is 10.9. The predicted octanol–water partition coefficient (Wildman–Crippen LogP) is 2.14. The maximum absolute atomic E-state index is 12.2. The first-order chi connectivity index (χ1) is 9.63. The summed E-state index contributed by atoms with van der Waals surface area (Å²) in [6, 6.07) is 8.90. The summed E-state index contributed by atoms with van der Waals surface area (Å²) in [5, 5.41) is 5.50. The molecule has 2 heterocycles. The lowest BCUT2D eigenvalue weighted by molar-refractivity contribution is -0.115.